The summed E-state index contributed by atoms with van der Waals surface area (Å²) < 4.78 is 0. The summed E-state index contributed by atoms with van der Waals surface area (Å²) in [6.07, 6.45) is 5.25. The number of carboxylic acids is 1. The molecule has 0 heterocycles. The lowest BCUT2D eigenvalue weighted by molar-refractivity contribution is -0.141. The zero-order chi connectivity index (χ0) is 14.0. The van der Waals surface area contributed by atoms with Crippen LogP contribution >= 0.6 is 0 Å². The number of hydrogen-bond acceptors (Lipinski definition) is 2. The summed E-state index contributed by atoms with van der Waals surface area (Å²) in [5, 5.41) is 14.5. The highest BCUT2D eigenvalue weighted by Gasteiger charge is 2.39. The number of carboxylic acid groups (broad SMARTS) is 1. The van der Waals surface area contributed by atoms with Crippen molar-refractivity contribution in [3.63, 3.8) is 0 Å². The molecule has 5 nitrogen and oxygen atoms in total. The minimum atomic E-state index is -0.888. The first-order chi connectivity index (χ1) is 8.97. The van der Waals surface area contributed by atoms with Gasteiger partial charge in [0.25, 0.3) is 0 Å². The van der Waals surface area contributed by atoms with E-state index in [2.05, 4.69) is 10.6 Å². The van der Waals surface area contributed by atoms with Gasteiger partial charge in [0.2, 0.25) is 0 Å². The molecule has 2 bridgehead atoms. The van der Waals surface area contributed by atoms with Crippen molar-refractivity contribution in [2.75, 3.05) is 6.54 Å². The Bertz CT molecular complexity index is 359. The summed E-state index contributed by atoms with van der Waals surface area (Å²) in [6.45, 7) is 4.04. The first-order valence-electron chi connectivity index (χ1n) is 7.24. The highest BCUT2D eigenvalue weighted by atomic mass is 16.4. The molecule has 5 heteroatoms. The van der Waals surface area contributed by atoms with Crippen LogP contribution in [0, 0.1) is 23.7 Å². The molecule has 2 rings (SSSR count). The third-order valence-corrected chi connectivity index (χ3v) is 4.91. The molecule has 0 radical (unpaired) electrons. The Morgan fingerprint density at radius 1 is 1.26 bits per heavy atom. The SMILES string of the molecule is CC(NC(=O)NCC1CC2CCC1C2)C(C)C(=O)O. The smallest absolute Gasteiger partial charge is 0.315 e. The predicted molar refractivity (Wildman–Crippen MR) is 71.7 cm³/mol. The van der Waals surface area contributed by atoms with Crippen LogP contribution in [-0.2, 0) is 4.79 Å². The first-order valence-corrected chi connectivity index (χ1v) is 7.24. The van der Waals surface area contributed by atoms with E-state index in [9.17, 15) is 9.59 Å². The van der Waals surface area contributed by atoms with E-state index >= 15 is 0 Å². The Labute approximate surface area is 114 Å². The van der Waals surface area contributed by atoms with E-state index in [0.717, 1.165) is 18.4 Å². The predicted octanol–water partition coefficient (Wildman–Crippen LogP) is 1.83. The van der Waals surface area contributed by atoms with Crippen molar-refractivity contribution in [3.8, 4) is 0 Å². The molecular formula is C14H24N2O3. The van der Waals surface area contributed by atoms with Crippen LogP contribution in [0.15, 0.2) is 0 Å². The van der Waals surface area contributed by atoms with Crippen molar-refractivity contribution in [1.82, 2.24) is 10.6 Å². The molecule has 0 aromatic heterocycles. The summed E-state index contributed by atoms with van der Waals surface area (Å²) in [4.78, 5) is 22.5. The van der Waals surface area contributed by atoms with Gasteiger partial charge in [0.1, 0.15) is 0 Å². The van der Waals surface area contributed by atoms with E-state index in [0.29, 0.717) is 5.92 Å². The molecule has 0 aliphatic heterocycles. The normalized spacial score (nSPS) is 31.8. The van der Waals surface area contributed by atoms with Crippen LogP contribution < -0.4 is 10.6 Å². The maximum atomic E-state index is 11.7. The third-order valence-electron chi connectivity index (χ3n) is 4.91. The molecule has 3 N–H and O–H groups in total. The summed E-state index contributed by atoms with van der Waals surface area (Å²) >= 11 is 0. The van der Waals surface area contributed by atoms with E-state index < -0.39 is 11.9 Å². The Morgan fingerprint density at radius 2 is 2.00 bits per heavy atom. The number of fused-ring (bicyclic) bond motifs is 2. The Morgan fingerprint density at radius 3 is 2.53 bits per heavy atom. The van der Waals surface area contributed by atoms with Gasteiger partial charge in [0, 0.05) is 12.6 Å². The van der Waals surface area contributed by atoms with Crippen molar-refractivity contribution < 1.29 is 14.7 Å². The average Bonchev–Trinajstić information content (AvgIpc) is 2.97. The molecular weight excluding hydrogens is 244 g/mol. The number of aliphatic carboxylic acids is 1. The molecule has 2 saturated carbocycles. The highest BCUT2D eigenvalue weighted by molar-refractivity contribution is 5.76. The Kier molecular flexibility index (Phi) is 4.32. The van der Waals surface area contributed by atoms with E-state index in [-0.39, 0.29) is 12.1 Å². The second kappa shape index (κ2) is 5.80. The molecule has 0 spiro atoms. The summed E-state index contributed by atoms with van der Waals surface area (Å²) in [5.41, 5.74) is 0. The molecule has 2 aliphatic carbocycles. The fourth-order valence-corrected chi connectivity index (χ4v) is 3.45. The lowest BCUT2D eigenvalue weighted by Gasteiger charge is -2.23. The number of carbonyl (C=O) groups excluding carboxylic acids is 1. The van der Waals surface area contributed by atoms with Crippen LogP contribution in [0.5, 0.6) is 0 Å². The van der Waals surface area contributed by atoms with Gasteiger partial charge < -0.3 is 15.7 Å². The molecule has 2 aliphatic rings. The lowest BCUT2D eigenvalue weighted by Crippen LogP contribution is -2.46. The van der Waals surface area contributed by atoms with E-state index in [1.165, 1.54) is 25.7 Å². The van der Waals surface area contributed by atoms with Crippen LogP contribution in [0.4, 0.5) is 4.79 Å². The fourth-order valence-electron chi connectivity index (χ4n) is 3.45. The number of urea groups is 1. The van der Waals surface area contributed by atoms with Crippen molar-refractivity contribution in [2.24, 2.45) is 23.7 Å². The van der Waals surface area contributed by atoms with Gasteiger partial charge in [-0.15, -0.1) is 0 Å². The van der Waals surface area contributed by atoms with Gasteiger partial charge >= 0.3 is 12.0 Å². The largest absolute Gasteiger partial charge is 0.481 e. The number of carbonyl (C=O) groups is 2. The molecule has 108 valence electrons. The van der Waals surface area contributed by atoms with Crippen LogP contribution in [0.2, 0.25) is 0 Å². The van der Waals surface area contributed by atoms with Gasteiger partial charge in [0.15, 0.2) is 0 Å². The molecule has 2 fully saturated rings. The van der Waals surface area contributed by atoms with E-state index in [1.54, 1.807) is 13.8 Å². The molecule has 0 aromatic rings. The maximum absolute atomic E-state index is 11.7. The van der Waals surface area contributed by atoms with Gasteiger partial charge in [0.05, 0.1) is 5.92 Å². The summed E-state index contributed by atoms with van der Waals surface area (Å²) in [6, 6.07) is -0.610. The molecule has 2 amide bonds. The molecule has 5 unspecified atom stereocenters. The Balaban J connectivity index is 1.69. The average molecular weight is 268 g/mol. The summed E-state index contributed by atoms with van der Waals surface area (Å²) in [5.74, 6) is 0.831. The van der Waals surface area contributed by atoms with Crippen molar-refractivity contribution >= 4 is 12.0 Å². The van der Waals surface area contributed by atoms with E-state index in [4.69, 9.17) is 5.11 Å². The van der Waals surface area contributed by atoms with Crippen LogP contribution in [0.3, 0.4) is 0 Å². The third kappa shape index (κ3) is 3.39. The molecule has 0 aromatic carbocycles. The maximum Gasteiger partial charge on any atom is 0.315 e. The minimum absolute atomic E-state index is 0.247. The van der Waals surface area contributed by atoms with Crippen molar-refractivity contribution in [3.05, 3.63) is 0 Å². The Hall–Kier alpha value is -1.26. The summed E-state index contributed by atoms with van der Waals surface area (Å²) in [7, 11) is 0. The van der Waals surface area contributed by atoms with Crippen LogP contribution in [0.1, 0.15) is 39.5 Å². The van der Waals surface area contributed by atoms with Crippen LogP contribution in [0.25, 0.3) is 0 Å². The van der Waals surface area contributed by atoms with Crippen molar-refractivity contribution in [1.29, 1.82) is 0 Å². The second-order valence-corrected chi connectivity index (χ2v) is 6.20. The number of amides is 2. The highest BCUT2D eigenvalue weighted by Crippen LogP contribution is 2.47. The zero-order valence-corrected chi connectivity index (χ0v) is 11.7. The van der Waals surface area contributed by atoms with Gasteiger partial charge in [-0.1, -0.05) is 6.42 Å². The topological polar surface area (TPSA) is 78.4 Å². The number of rotatable bonds is 5. The quantitative estimate of drug-likeness (QED) is 0.712. The van der Waals surface area contributed by atoms with Gasteiger partial charge in [-0.3, -0.25) is 4.79 Å². The van der Waals surface area contributed by atoms with Gasteiger partial charge in [-0.2, -0.15) is 0 Å². The van der Waals surface area contributed by atoms with Crippen molar-refractivity contribution in [2.45, 2.75) is 45.6 Å². The standard InChI is InChI=1S/C14H24N2O3/c1-8(13(17)18)9(2)16-14(19)15-7-12-6-10-3-4-11(12)5-10/h8-12H,3-7H2,1-2H3,(H,17,18)(H2,15,16,19). The lowest BCUT2D eigenvalue weighted by atomic mass is 9.89. The second-order valence-electron chi connectivity index (χ2n) is 6.20. The van der Waals surface area contributed by atoms with Crippen LogP contribution in [-0.4, -0.2) is 29.7 Å². The molecule has 19 heavy (non-hydrogen) atoms. The minimum Gasteiger partial charge on any atom is -0.481 e. The molecule has 5 atom stereocenters. The zero-order valence-electron chi connectivity index (χ0n) is 11.7. The number of hydrogen-bond donors (Lipinski definition) is 3. The molecule has 0 saturated heterocycles. The number of nitrogens with one attached hydrogen (secondary N) is 2. The monoisotopic (exact) mass is 268 g/mol. The van der Waals surface area contributed by atoms with Gasteiger partial charge in [-0.05, 0) is 50.9 Å². The van der Waals surface area contributed by atoms with Gasteiger partial charge in [-0.25, -0.2) is 4.79 Å². The first kappa shape index (κ1) is 14.2. The fraction of sp³-hybridized carbons (Fsp3) is 0.857. The van der Waals surface area contributed by atoms with E-state index in [1.807, 2.05) is 0 Å².